The molecule has 0 aromatic heterocycles. The largest absolute Gasteiger partial charge is 0.490 e. The number of halogens is 3. The van der Waals surface area contributed by atoms with Gasteiger partial charge in [0, 0.05) is 25.2 Å². The molecule has 1 saturated heterocycles. The second-order valence-electron chi connectivity index (χ2n) is 5.50. The SMILES string of the molecule is FC(F)(F)c1ccc(OCC2CNCCO2)c2c1NCCC2. The molecular formula is C15H19F3N2O2. The summed E-state index contributed by atoms with van der Waals surface area (Å²) in [7, 11) is 0. The Morgan fingerprint density at radius 1 is 1.27 bits per heavy atom. The van der Waals surface area contributed by atoms with E-state index in [1.807, 2.05) is 0 Å². The molecule has 1 atom stereocenters. The summed E-state index contributed by atoms with van der Waals surface area (Å²) in [6, 6.07) is 2.51. The van der Waals surface area contributed by atoms with Crippen LogP contribution < -0.4 is 15.4 Å². The maximum atomic E-state index is 13.1. The first kappa shape index (κ1) is 15.4. The van der Waals surface area contributed by atoms with E-state index >= 15 is 0 Å². The Morgan fingerprint density at radius 3 is 2.86 bits per heavy atom. The fraction of sp³-hybridized carbons (Fsp3) is 0.600. The van der Waals surface area contributed by atoms with Crippen LogP contribution in [-0.2, 0) is 17.3 Å². The maximum absolute atomic E-state index is 13.1. The second-order valence-corrected chi connectivity index (χ2v) is 5.50. The number of hydrogen-bond donors (Lipinski definition) is 2. The lowest BCUT2D eigenvalue weighted by molar-refractivity contribution is -0.137. The number of rotatable bonds is 3. The Morgan fingerprint density at radius 2 is 2.14 bits per heavy atom. The van der Waals surface area contributed by atoms with Gasteiger partial charge < -0.3 is 20.1 Å². The maximum Gasteiger partial charge on any atom is 0.418 e. The molecule has 22 heavy (non-hydrogen) atoms. The van der Waals surface area contributed by atoms with Gasteiger partial charge in [0.05, 0.1) is 17.9 Å². The molecule has 0 amide bonds. The smallest absolute Gasteiger partial charge is 0.418 e. The molecule has 2 heterocycles. The van der Waals surface area contributed by atoms with E-state index in [-0.39, 0.29) is 11.8 Å². The number of alkyl halides is 3. The zero-order valence-corrected chi connectivity index (χ0v) is 12.1. The van der Waals surface area contributed by atoms with Gasteiger partial charge in [-0.2, -0.15) is 13.2 Å². The van der Waals surface area contributed by atoms with Gasteiger partial charge in [0.2, 0.25) is 0 Å². The summed E-state index contributed by atoms with van der Waals surface area (Å²) >= 11 is 0. The minimum atomic E-state index is -4.36. The number of benzene rings is 1. The van der Waals surface area contributed by atoms with E-state index in [9.17, 15) is 13.2 Å². The predicted octanol–water partition coefficient (Wildman–Crippen LogP) is 2.43. The Labute approximate surface area is 127 Å². The van der Waals surface area contributed by atoms with Crippen molar-refractivity contribution in [3.63, 3.8) is 0 Å². The van der Waals surface area contributed by atoms with Crippen molar-refractivity contribution in [2.75, 3.05) is 38.2 Å². The van der Waals surface area contributed by atoms with E-state index in [0.29, 0.717) is 44.0 Å². The Bertz CT molecular complexity index is 528. The van der Waals surface area contributed by atoms with Gasteiger partial charge in [-0.15, -0.1) is 0 Å². The Kier molecular flexibility index (Phi) is 4.44. The lowest BCUT2D eigenvalue weighted by atomic mass is 9.98. The normalized spacial score (nSPS) is 21.9. The van der Waals surface area contributed by atoms with Gasteiger partial charge in [-0.3, -0.25) is 0 Å². The summed E-state index contributed by atoms with van der Waals surface area (Å²) < 4.78 is 50.5. The van der Waals surface area contributed by atoms with Crippen molar-refractivity contribution >= 4 is 5.69 Å². The van der Waals surface area contributed by atoms with Crippen LogP contribution in [0.2, 0.25) is 0 Å². The van der Waals surface area contributed by atoms with Crippen LogP contribution in [-0.4, -0.2) is 39.0 Å². The van der Waals surface area contributed by atoms with Crippen molar-refractivity contribution in [1.82, 2.24) is 5.32 Å². The van der Waals surface area contributed by atoms with Crippen molar-refractivity contribution in [2.45, 2.75) is 25.1 Å². The van der Waals surface area contributed by atoms with Crippen LogP contribution in [0, 0.1) is 0 Å². The first-order valence-electron chi connectivity index (χ1n) is 7.48. The molecular weight excluding hydrogens is 297 g/mol. The predicted molar refractivity (Wildman–Crippen MR) is 76.4 cm³/mol. The molecule has 2 aliphatic heterocycles. The summed E-state index contributed by atoms with van der Waals surface area (Å²) in [5, 5.41) is 6.07. The summed E-state index contributed by atoms with van der Waals surface area (Å²) in [6.07, 6.45) is -3.04. The molecule has 1 unspecified atom stereocenters. The van der Waals surface area contributed by atoms with Gasteiger partial charge in [-0.05, 0) is 25.0 Å². The van der Waals surface area contributed by atoms with Crippen LogP contribution >= 0.6 is 0 Å². The second kappa shape index (κ2) is 6.34. The zero-order chi connectivity index (χ0) is 15.6. The molecule has 0 aliphatic carbocycles. The van der Waals surface area contributed by atoms with Crippen molar-refractivity contribution in [2.24, 2.45) is 0 Å². The lowest BCUT2D eigenvalue weighted by Gasteiger charge is -2.27. The van der Waals surface area contributed by atoms with Crippen molar-refractivity contribution in [3.05, 3.63) is 23.3 Å². The molecule has 122 valence electrons. The zero-order valence-electron chi connectivity index (χ0n) is 12.1. The van der Waals surface area contributed by atoms with Gasteiger partial charge in [0.1, 0.15) is 18.5 Å². The Hall–Kier alpha value is -1.47. The molecule has 0 bridgehead atoms. The average molecular weight is 316 g/mol. The summed E-state index contributed by atoms with van der Waals surface area (Å²) in [5.74, 6) is 0.518. The van der Waals surface area contributed by atoms with Crippen LogP contribution in [0.5, 0.6) is 5.75 Å². The fourth-order valence-electron chi connectivity index (χ4n) is 2.84. The number of ether oxygens (including phenoxy) is 2. The highest BCUT2D eigenvalue weighted by atomic mass is 19.4. The third-order valence-corrected chi connectivity index (χ3v) is 3.91. The monoisotopic (exact) mass is 316 g/mol. The standard InChI is InChI=1S/C15H19F3N2O2/c16-15(17,18)12-3-4-13(11-2-1-5-20-14(11)12)22-9-10-8-19-6-7-21-10/h3-4,10,19-20H,1-2,5-9H2. The quantitative estimate of drug-likeness (QED) is 0.899. The highest BCUT2D eigenvalue weighted by Gasteiger charge is 2.36. The number of hydrogen-bond acceptors (Lipinski definition) is 4. The molecule has 1 aromatic carbocycles. The molecule has 4 nitrogen and oxygen atoms in total. The summed E-state index contributed by atoms with van der Waals surface area (Å²) in [5.41, 5.74) is 0.161. The number of morpholine rings is 1. The molecule has 3 rings (SSSR count). The van der Waals surface area contributed by atoms with Crippen molar-refractivity contribution < 1.29 is 22.6 Å². The average Bonchev–Trinajstić information content (AvgIpc) is 2.52. The fourth-order valence-corrected chi connectivity index (χ4v) is 2.84. The van der Waals surface area contributed by atoms with E-state index in [1.54, 1.807) is 0 Å². The van der Waals surface area contributed by atoms with Gasteiger partial charge >= 0.3 is 6.18 Å². The first-order chi connectivity index (χ1) is 10.6. The molecule has 7 heteroatoms. The molecule has 2 aliphatic rings. The van der Waals surface area contributed by atoms with E-state index in [4.69, 9.17) is 9.47 Å². The first-order valence-corrected chi connectivity index (χ1v) is 7.48. The number of nitrogens with one attached hydrogen (secondary N) is 2. The van der Waals surface area contributed by atoms with E-state index in [1.165, 1.54) is 6.07 Å². The third kappa shape index (κ3) is 3.30. The summed E-state index contributed by atoms with van der Waals surface area (Å²) in [6.45, 7) is 3.03. The lowest BCUT2D eigenvalue weighted by Crippen LogP contribution is -2.41. The molecule has 0 saturated carbocycles. The minimum absolute atomic E-state index is 0.0664. The highest BCUT2D eigenvalue weighted by molar-refractivity contribution is 5.65. The topological polar surface area (TPSA) is 42.5 Å². The van der Waals surface area contributed by atoms with Crippen LogP contribution in [0.25, 0.3) is 0 Å². The van der Waals surface area contributed by atoms with Crippen LogP contribution in [0.1, 0.15) is 17.5 Å². The Balaban J connectivity index is 1.79. The van der Waals surface area contributed by atoms with Gasteiger partial charge in [0.15, 0.2) is 0 Å². The van der Waals surface area contributed by atoms with Crippen molar-refractivity contribution in [3.8, 4) is 5.75 Å². The van der Waals surface area contributed by atoms with E-state index in [2.05, 4.69) is 10.6 Å². The van der Waals surface area contributed by atoms with Crippen LogP contribution in [0.4, 0.5) is 18.9 Å². The molecule has 2 N–H and O–H groups in total. The number of fused-ring (bicyclic) bond motifs is 1. The molecule has 1 fully saturated rings. The highest BCUT2D eigenvalue weighted by Crippen LogP contribution is 2.42. The molecule has 0 radical (unpaired) electrons. The third-order valence-electron chi connectivity index (χ3n) is 3.91. The molecule has 0 spiro atoms. The van der Waals surface area contributed by atoms with Gasteiger partial charge in [0.25, 0.3) is 0 Å². The van der Waals surface area contributed by atoms with E-state index < -0.39 is 11.7 Å². The van der Waals surface area contributed by atoms with Crippen LogP contribution in [0.3, 0.4) is 0 Å². The van der Waals surface area contributed by atoms with Crippen LogP contribution in [0.15, 0.2) is 12.1 Å². The van der Waals surface area contributed by atoms with E-state index in [0.717, 1.165) is 19.0 Å². The van der Waals surface area contributed by atoms with Gasteiger partial charge in [-0.1, -0.05) is 0 Å². The van der Waals surface area contributed by atoms with Gasteiger partial charge in [-0.25, -0.2) is 0 Å². The minimum Gasteiger partial charge on any atom is -0.490 e. The van der Waals surface area contributed by atoms with Crippen molar-refractivity contribution in [1.29, 1.82) is 0 Å². The number of anilines is 1. The molecule has 1 aromatic rings. The summed E-state index contributed by atoms with van der Waals surface area (Å²) in [4.78, 5) is 0.